The van der Waals surface area contributed by atoms with Crippen LogP contribution >= 0.6 is 11.6 Å². The molecule has 0 saturated heterocycles. The lowest BCUT2D eigenvalue weighted by molar-refractivity contribution is 0.0688. The SMILES string of the molecule is CC1CCc2c(c(C(=O)O)nn2-c2cccc(Cl)c2F)C1. The molecule has 1 aromatic heterocycles. The van der Waals surface area contributed by atoms with Gasteiger partial charge >= 0.3 is 5.97 Å². The van der Waals surface area contributed by atoms with Crippen LogP contribution < -0.4 is 0 Å². The molecule has 110 valence electrons. The van der Waals surface area contributed by atoms with Gasteiger partial charge in [0.1, 0.15) is 5.69 Å². The fourth-order valence-corrected chi connectivity index (χ4v) is 2.99. The molecule has 1 heterocycles. The molecule has 0 saturated carbocycles. The largest absolute Gasteiger partial charge is 0.476 e. The first-order valence-corrected chi connectivity index (χ1v) is 7.15. The number of halogens is 2. The van der Waals surface area contributed by atoms with Crippen molar-refractivity contribution in [3.8, 4) is 5.69 Å². The van der Waals surface area contributed by atoms with E-state index < -0.39 is 11.8 Å². The highest BCUT2D eigenvalue weighted by Crippen LogP contribution is 2.31. The number of nitrogens with zero attached hydrogens (tertiary/aromatic N) is 2. The molecule has 0 bridgehead atoms. The number of aromatic carboxylic acids is 1. The van der Waals surface area contributed by atoms with E-state index in [1.807, 2.05) is 0 Å². The highest BCUT2D eigenvalue weighted by atomic mass is 35.5. The Morgan fingerprint density at radius 2 is 2.29 bits per heavy atom. The average molecular weight is 309 g/mol. The molecule has 4 nitrogen and oxygen atoms in total. The Kier molecular flexibility index (Phi) is 3.45. The van der Waals surface area contributed by atoms with Gasteiger partial charge in [0, 0.05) is 11.3 Å². The Morgan fingerprint density at radius 1 is 1.52 bits per heavy atom. The summed E-state index contributed by atoms with van der Waals surface area (Å²) in [5.74, 6) is -1.26. The topological polar surface area (TPSA) is 55.1 Å². The zero-order valence-electron chi connectivity index (χ0n) is 11.4. The van der Waals surface area contributed by atoms with E-state index in [2.05, 4.69) is 12.0 Å². The predicted octanol–water partition coefficient (Wildman–Crippen LogP) is 3.49. The summed E-state index contributed by atoms with van der Waals surface area (Å²) in [4.78, 5) is 11.4. The summed E-state index contributed by atoms with van der Waals surface area (Å²) >= 11 is 5.81. The molecule has 1 N–H and O–H groups in total. The van der Waals surface area contributed by atoms with Gasteiger partial charge < -0.3 is 5.11 Å². The van der Waals surface area contributed by atoms with E-state index in [4.69, 9.17) is 11.6 Å². The maximum absolute atomic E-state index is 14.2. The fraction of sp³-hybridized carbons (Fsp3) is 0.333. The third-order valence-corrected chi connectivity index (χ3v) is 4.17. The van der Waals surface area contributed by atoms with E-state index in [1.165, 1.54) is 10.7 Å². The van der Waals surface area contributed by atoms with Gasteiger partial charge in [-0.3, -0.25) is 0 Å². The van der Waals surface area contributed by atoms with E-state index in [0.29, 0.717) is 24.3 Å². The molecule has 21 heavy (non-hydrogen) atoms. The molecule has 1 aliphatic carbocycles. The number of rotatable bonds is 2. The Hall–Kier alpha value is -1.88. The molecule has 3 rings (SSSR count). The smallest absolute Gasteiger partial charge is 0.356 e. The average Bonchev–Trinajstić information content (AvgIpc) is 2.80. The zero-order chi connectivity index (χ0) is 15.1. The Balaban J connectivity index is 2.22. The van der Waals surface area contributed by atoms with Crippen LogP contribution in [0, 0.1) is 11.7 Å². The van der Waals surface area contributed by atoms with Crippen molar-refractivity contribution in [2.45, 2.75) is 26.2 Å². The molecule has 2 aromatic rings. The minimum Gasteiger partial charge on any atom is -0.476 e. The van der Waals surface area contributed by atoms with Crippen LogP contribution in [-0.4, -0.2) is 20.9 Å². The van der Waals surface area contributed by atoms with Gasteiger partial charge in [-0.05, 0) is 37.3 Å². The first-order valence-electron chi connectivity index (χ1n) is 6.77. The third kappa shape index (κ3) is 2.31. The van der Waals surface area contributed by atoms with Gasteiger partial charge in [0.15, 0.2) is 11.5 Å². The van der Waals surface area contributed by atoms with Crippen molar-refractivity contribution in [2.24, 2.45) is 5.92 Å². The van der Waals surface area contributed by atoms with Crippen LogP contribution in [0.2, 0.25) is 5.02 Å². The molecule has 0 radical (unpaired) electrons. The summed E-state index contributed by atoms with van der Waals surface area (Å²) in [5, 5.41) is 13.4. The Labute approximate surface area is 126 Å². The van der Waals surface area contributed by atoms with Crippen LogP contribution in [0.15, 0.2) is 18.2 Å². The van der Waals surface area contributed by atoms with Crippen LogP contribution in [0.1, 0.15) is 35.1 Å². The van der Waals surface area contributed by atoms with Crippen LogP contribution in [0.4, 0.5) is 4.39 Å². The van der Waals surface area contributed by atoms with Crippen molar-refractivity contribution in [1.29, 1.82) is 0 Å². The van der Waals surface area contributed by atoms with Crippen molar-refractivity contribution < 1.29 is 14.3 Å². The first kappa shape index (κ1) is 14.1. The summed E-state index contributed by atoms with van der Waals surface area (Å²) in [6, 6.07) is 4.63. The molecule has 1 atom stereocenters. The number of carboxylic acid groups (broad SMARTS) is 1. The molecule has 1 aromatic carbocycles. The predicted molar refractivity (Wildman–Crippen MR) is 76.7 cm³/mol. The minimum atomic E-state index is -1.08. The van der Waals surface area contributed by atoms with Crippen molar-refractivity contribution in [2.75, 3.05) is 0 Å². The molecule has 0 fully saturated rings. The fourth-order valence-electron chi connectivity index (χ4n) is 2.82. The van der Waals surface area contributed by atoms with Crippen LogP contribution in [0.25, 0.3) is 5.69 Å². The van der Waals surface area contributed by atoms with Crippen molar-refractivity contribution in [3.63, 3.8) is 0 Å². The lowest BCUT2D eigenvalue weighted by atomic mass is 9.87. The van der Waals surface area contributed by atoms with E-state index in [1.54, 1.807) is 12.1 Å². The summed E-state index contributed by atoms with van der Waals surface area (Å²) in [7, 11) is 0. The number of hydrogen-bond acceptors (Lipinski definition) is 2. The van der Waals surface area contributed by atoms with Gasteiger partial charge in [0.05, 0.1) is 5.02 Å². The summed E-state index contributed by atoms with van der Waals surface area (Å²) < 4.78 is 15.6. The second-order valence-electron chi connectivity index (χ2n) is 5.41. The third-order valence-electron chi connectivity index (χ3n) is 3.88. The van der Waals surface area contributed by atoms with Crippen LogP contribution in [0.5, 0.6) is 0 Å². The van der Waals surface area contributed by atoms with E-state index in [0.717, 1.165) is 12.1 Å². The van der Waals surface area contributed by atoms with E-state index in [9.17, 15) is 14.3 Å². The second kappa shape index (κ2) is 5.15. The highest BCUT2D eigenvalue weighted by Gasteiger charge is 2.28. The molecule has 0 aliphatic heterocycles. The number of aromatic nitrogens is 2. The molecule has 0 amide bonds. The maximum atomic E-state index is 14.2. The van der Waals surface area contributed by atoms with Gasteiger partial charge in [0.2, 0.25) is 0 Å². The molecule has 0 spiro atoms. The number of fused-ring (bicyclic) bond motifs is 1. The zero-order valence-corrected chi connectivity index (χ0v) is 12.2. The minimum absolute atomic E-state index is 0.00203. The van der Waals surface area contributed by atoms with Crippen molar-refractivity contribution in [1.82, 2.24) is 9.78 Å². The molecular weight excluding hydrogens is 295 g/mol. The van der Waals surface area contributed by atoms with Gasteiger partial charge in [-0.1, -0.05) is 24.6 Å². The maximum Gasteiger partial charge on any atom is 0.356 e. The molecule has 1 aliphatic rings. The van der Waals surface area contributed by atoms with Gasteiger partial charge in [-0.15, -0.1) is 0 Å². The Morgan fingerprint density at radius 3 is 3.00 bits per heavy atom. The van der Waals surface area contributed by atoms with Crippen molar-refractivity contribution >= 4 is 17.6 Å². The molecular formula is C15H14ClFN2O2. The quantitative estimate of drug-likeness (QED) is 0.924. The molecule has 6 heteroatoms. The lowest BCUT2D eigenvalue weighted by Crippen LogP contribution is -2.15. The van der Waals surface area contributed by atoms with E-state index in [-0.39, 0.29) is 16.4 Å². The summed E-state index contributed by atoms with van der Waals surface area (Å²) in [6.07, 6.45) is 2.27. The van der Waals surface area contributed by atoms with Crippen molar-refractivity contribution in [3.05, 3.63) is 46.0 Å². The number of hydrogen-bond donors (Lipinski definition) is 1. The molecule has 1 unspecified atom stereocenters. The van der Waals surface area contributed by atoms with E-state index >= 15 is 0 Å². The lowest BCUT2D eigenvalue weighted by Gasteiger charge is -2.19. The number of carbonyl (C=O) groups is 1. The summed E-state index contributed by atoms with van der Waals surface area (Å²) in [5.41, 5.74) is 1.68. The normalized spacial score (nSPS) is 17.6. The standard InChI is InChI=1S/C15H14ClFN2O2/c1-8-5-6-11-9(7-8)14(15(20)21)18-19(11)12-4-2-3-10(16)13(12)17/h2-4,8H,5-7H2,1H3,(H,20,21). The highest BCUT2D eigenvalue weighted by molar-refractivity contribution is 6.30. The number of benzene rings is 1. The Bertz CT molecular complexity index is 727. The van der Waals surface area contributed by atoms with Crippen LogP contribution in [0.3, 0.4) is 0 Å². The van der Waals surface area contributed by atoms with Gasteiger partial charge in [-0.2, -0.15) is 5.10 Å². The number of carboxylic acids is 1. The van der Waals surface area contributed by atoms with Crippen LogP contribution in [-0.2, 0) is 12.8 Å². The summed E-state index contributed by atoms with van der Waals surface area (Å²) in [6.45, 7) is 2.08. The monoisotopic (exact) mass is 308 g/mol. The second-order valence-corrected chi connectivity index (χ2v) is 5.82. The van der Waals surface area contributed by atoms with Gasteiger partial charge in [-0.25, -0.2) is 13.9 Å². The van der Waals surface area contributed by atoms with Gasteiger partial charge in [0.25, 0.3) is 0 Å². The first-order chi connectivity index (χ1) is 9.99.